The maximum absolute atomic E-state index is 12.1. The van der Waals surface area contributed by atoms with Gasteiger partial charge < -0.3 is 10.1 Å². The highest BCUT2D eigenvalue weighted by Gasteiger charge is 2.26. The third kappa shape index (κ3) is 4.64. The first-order valence-electron chi connectivity index (χ1n) is 9.61. The standard InChI is InChI=1S/C24H20ClNO3S/c1-15(27)21-8-9-22(30-21)17-11-18-12-19(29-24(18)20(25)13-17)14-26-23(28)10-7-16-5-3-2-4-6-16/h2-11,13,19H,12,14H2,1H3,(H,26,28)/b10-7+. The molecular formula is C24H20ClNO3S. The van der Waals surface area contributed by atoms with Crippen LogP contribution in [0.2, 0.25) is 5.02 Å². The van der Waals surface area contributed by atoms with Crippen molar-refractivity contribution in [1.29, 1.82) is 0 Å². The number of hydrogen-bond donors (Lipinski definition) is 1. The minimum Gasteiger partial charge on any atom is -0.486 e. The van der Waals surface area contributed by atoms with E-state index in [9.17, 15) is 9.59 Å². The second-order valence-corrected chi connectivity index (χ2v) is 8.59. The normalized spacial score (nSPS) is 15.1. The Balaban J connectivity index is 1.39. The molecule has 1 N–H and O–H groups in total. The summed E-state index contributed by atoms with van der Waals surface area (Å²) in [5.41, 5.74) is 2.95. The third-order valence-electron chi connectivity index (χ3n) is 4.82. The highest BCUT2D eigenvalue weighted by Crippen LogP contribution is 2.41. The van der Waals surface area contributed by atoms with Crippen molar-refractivity contribution in [2.24, 2.45) is 0 Å². The van der Waals surface area contributed by atoms with Gasteiger partial charge in [0, 0.05) is 22.9 Å². The van der Waals surface area contributed by atoms with E-state index < -0.39 is 0 Å². The molecular weight excluding hydrogens is 418 g/mol. The molecule has 3 aromatic rings. The van der Waals surface area contributed by atoms with Gasteiger partial charge in [-0.15, -0.1) is 11.3 Å². The molecule has 1 atom stereocenters. The Labute approximate surface area is 184 Å². The van der Waals surface area contributed by atoms with Crippen LogP contribution in [0.5, 0.6) is 5.75 Å². The number of ketones is 1. The van der Waals surface area contributed by atoms with Crippen LogP contribution in [-0.4, -0.2) is 24.3 Å². The second kappa shape index (κ2) is 8.86. The predicted molar refractivity (Wildman–Crippen MR) is 121 cm³/mol. The van der Waals surface area contributed by atoms with Crippen molar-refractivity contribution in [3.05, 3.63) is 81.7 Å². The predicted octanol–water partition coefficient (Wildman–Crippen LogP) is 5.40. The molecule has 4 rings (SSSR count). The summed E-state index contributed by atoms with van der Waals surface area (Å²) in [5, 5.41) is 3.42. The molecule has 1 aromatic heterocycles. The van der Waals surface area contributed by atoms with Crippen LogP contribution in [0.25, 0.3) is 16.5 Å². The van der Waals surface area contributed by atoms with Crippen LogP contribution >= 0.6 is 22.9 Å². The summed E-state index contributed by atoms with van der Waals surface area (Å²) in [6.07, 6.45) is 3.79. The first-order chi connectivity index (χ1) is 14.5. The van der Waals surface area contributed by atoms with E-state index in [0.717, 1.165) is 26.4 Å². The van der Waals surface area contributed by atoms with Crippen molar-refractivity contribution < 1.29 is 14.3 Å². The molecule has 6 heteroatoms. The largest absolute Gasteiger partial charge is 0.486 e. The molecule has 0 aliphatic carbocycles. The summed E-state index contributed by atoms with van der Waals surface area (Å²) in [5.74, 6) is 0.558. The molecule has 2 heterocycles. The Morgan fingerprint density at radius 2 is 2.00 bits per heavy atom. The number of rotatable bonds is 6. The molecule has 1 unspecified atom stereocenters. The van der Waals surface area contributed by atoms with Gasteiger partial charge in [-0.05, 0) is 48.4 Å². The van der Waals surface area contributed by atoms with Crippen LogP contribution in [0.3, 0.4) is 0 Å². The second-order valence-electron chi connectivity index (χ2n) is 7.10. The number of benzene rings is 2. The molecule has 0 radical (unpaired) electrons. The Kier molecular flexibility index (Phi) is 6.02. The zero-order chi connectivity index (χ0) is 21.1. The maximum Gasteiger partial charge on any atom is 0.244 e. The van der Waals surface area contributed by atoms with Crippen molar-refractivity contribution in [2.75, 3.05) is 6.54 Å². The van der Waals surface area contributed by atoms with E-state index >= 15 is 0 Å². The van der Waals surface area contributed by atoms with Crippen LogP contribution in [0, 0.1) is 0 Å². The van der Waals surface area contributed by atoms with Crippen LogP contribution in [-0.2, 0) is 11.2 Å². The summed E-state index contributed by atoms with van der Waals surface area (Å²) in [4.78, 5) is 25.4. The van der Waals surface area contributed by atoms with Crippen molar-refractivity contribution in [1.82, 2.24) is 5.32 Å². The highest BCUT2D eigenvalue weighted by molar-refractivity contribution is 7.17. The fourth-order valence-corrected chi connectivity index (χ4v) is 4.51. The smallest absolute Gasteiger partial charge is 0.244 e. The van der Waals surface area contributed by atoms with Gasteiger partial charge in [0.15, 0.2) is 5.78 Å². The third-order valence-corrected chi connectivity index (χ3v) is 6.34. The van der Waals surface area contributed by atoms with E-state index in [0.29, 0.717) is 23.7 Å². The minimum atomic E-state index is -0.169. The van der Waals surface area contributed by atoms with E-state index in [1.807, 2.05) is 54.6 Å². The molecule has 0 fully saturated rings. The van der Waals surface area contributed by atoms with Gasteiger partial charge in [0.05, 0.1) is 16.4 Å². The average Bonchev–Trinajstić information content (AvgIpc) is 3.39. The lowest BCUT2D eigenvalue weighted by atomic mass is 10.1. The number of fused-ring (bicyclic) bond motifs is 1. The molecule has 152 valence electrons. The Morgan fingerprint density at radius 3 is 2.73 bits per heavy atom. The molecule has 0 bridgehead atoms. The zero-order valence-electron chi connectivity index (χ0n) is 16.4. The Hall–Kier alpha value is -2.89. The Bertz CT molecular complexity index is 1120. The molecule has 0 spiro atoms. The summed E-state index contributed by atoms with van der Waals surface area (Å²) >= 11 is 7.91. The number of Topliss-reactive ketones (excluding diaryl/α,β-unsaturated/α-hetero) is 1. The van der Waals surface area contributed by atoms with Gasteiger partial charge >= 0.3 is 0 Å². The van der Waals surface area contributed by atoms with Crippen molar-refractivity contribution in [3.63, 3.8) is 0 Å². The van der Waals surface area contributed by atoms with Crippen LogP contribution < -0.4 is 10.1 Å². The summed E-state index contributed by atoms with van der Waals surface area (Å²) in [6, 6.07) is 17.3. The SMILES string of the molecule is CC(=O)c1ccc(-c2cc(Cl)c3c(c2)CC(CNC(=O)/C=C/c2ccccc2)O3)s1. The average molecular weight is 438 g/mol. The zero-order valence-corrected chi connectivity index (χ0v) is 17.9. The molecule has 1 aliphatic heterocycles. The van der Waals surface area contributed by atoms with E-state index in [1.165, 1.54) is 17.4 Å². The molecule has 1 amide bonds. The fourth-order valence-electron chi connectivity index (χ4n) is 3.34. The number of carbonyl (C=O) groups excluding carboxylic acids is 2. The Morgan fingerprint density at radius 1 is 1.20 bits per heavy atom. The fraction of sp³-hybridized carbons (Fsp3) is 0.167. The van der Waals surface area contributed by atoms with E-state index in [4.69, 9.17) is 16.3 Å². The van der Waals surface area contributed by atoms with Gasteiger partial charge in [-0.3, -0.25) is 9.59 Å². The van der Waals surface area contributed by atoms with Crippen LogP contribution in [0.15, 0.2) is 60.7 Å². The first kappa shape index (κ1) is 20.4. The van der Waals surface area contributed by atoms with Gasteiger partial charge in [0.1, 0.15) is 11.9 Å². The number of halogens is 1. The van der Waals surface area contributed by atoms with E-state index in [1.54, 1.807) is 13.0 Å². The topological polar surface area (TPSA) is 55.4 Å². The van der Waals surface area contributed by atoms with Gasteiger partial charge in [-0.2, -0.15) is 0 Å². The van der Waals surface area contributed by atoms with Gasteiger partial charge in [0.2, 0.25) is 5.91 Å². The van der Waals surface area contributed by atoms with Crippen molar-refractivity contribution in [3.8, 4) is 16.2 Å². The number of nitrogens with one attached hydrogen (secondary N) is 1. The van der Waals surface area contributed by atoms with Crippen LogP contribution in [0.4, 0.5) is 0 Å². The number of hydrogen-bond acceptors (Lipinski definition) is 4. The van der Waals surface area contributed by atoms with Crippen molar-refractivity contribution in [2.45, 2.75) is 19.4 Å². The monoisotopic (exact) mass is 437 g/mol. The number of amides is 1. The highest BCUT2D eigenvalue weighted by atomic mass is 35.5. The maximum atomic E-state index is 12.1. The minimum absolute atomic E-state index is 0.0546. The lowest BCUT2D eigenvalue weighted by Gasteiger charge is -2.11. The molecule has 2 aromatic carbocycles. The molecule has 4 nitrogen and oxygen atoms in total. The van der Waals surface area contributed by atoms with E-state index in [-0.39, 0.29) is 17.8 Å². The van der Waals surface area contributed by atoms with Crippen LogP contribution in [0.1, 0.15) is 27.7 Å². The van der Waals surface area contributed by atoms with Gasteiger partial charge in [-0.25, -0.2) is 0 Å². The van der Waals surface area contributed by atoms with E-state index in [2.05, 4.69) is 5.32 Å². The molecule has 0 saturated heterocycles. The number of carbonyl (C=O) groups is 2. The molecule has 30 heavy (non-hydrogen) atoms. The quantitative estimate of drug-likeness (QED) is 0.414. The summed E-state index contributed by atoms with van der Waals surface area (Å²) in [6.45, 7) is 1.96. The van der Waals surface area contributed by atoms with Gasteiger partial charge in [0.25, 0.3) is 0 Å². The summed E-state index contributed by atoms with van der Waals surface area (Å²) < 4.78 is 5.96. The first-order valence-corrected chi connectivity index (χ1v) is 10.8. The lowest BCUT2D eigenvalue weighted by molar-refractivity contribution is -0.116. The number of thiophene rings is 1. The van der Waals surface area contributed by atoms with Gasteiger partial charge in [-0.1, -0.05) is 41.9 Å². The molecule has 0 saturated carbocycles. The molecule has 1 aliphatic rings. The lowest BCUT2D eigenvalue weighted by Crippen LogP contribution is -2.33. The summed E-state index contributed by atoms with van der Waals surface area (Å²) in [7, 11) is 0. The number of ether oxygens (including phenoxy) is 1. The van der Waals surface area contributed by atoms with Crippen molar-refractivity contribution >= 4 is 40.7 Å².